The normalized spacial score (nSPS) is 9.87. The van der Waals surface area contributed by atoms with Gasteiger partial charge in [0.25, 0.3) is 0 Å². The summed E-state index contributed by atoms with van der Waals surface area (Å²) in [6.07, 6.45) is 1.69. The fourth-order valence-electron chi connectivity index (χ4n) is 1.44. The summed E-state index contributed by atoms with van der Waals surface area (Å²) in [7, 11) is 0. The van der Waals surface area contributed by atoms with Crippen LogP contribution in [0.4, 0.5) is 0 Å². The number of aromatic nitrogens is 3. The molecule has 0 unspecified atom stereocenters. The highest BCUT2D eigenvalue weighted by Crippen LogP contribution is 2.17. The van der Waals surface area contributed by atoms with Gasteiger partial charge in [0.2, 0.25) is 0 Å². The van der Waals surface area contributed by atoms with Gasteiger partial charge >= 0.3 is 0 Å². The molecule has 0 aliphatic carbocycles. The van der Waals surface area contributed by atoms with Gasteiger partial charge in [0, 0.05) is 12.1 Å². The van der Waals surface area contributed by atoms with Crippen molar-refractivity contribution in [2.24, 2.45) is 0 Å². The summed E-state index contributed by atoms with van der Waals surface area (Å²) in [5, 5.41) is 16.7. The Morgan fingerprint density at radius 1 is 1.47 bits per heavy atom. The van der Waals surface area contributed by atoms with Crippen LogP contribution in [0.15, 0.2) is 30.6 Å². The molecule has 0 aliphatic rings. The number of hydrogen-bond donors (Lipinski definition) is 0. The lowest BCUT2D eigenvalue weighted by molar-refractivity contribution is 0.767. The molecule has 15 heavy (non-hydrogen) atoms. The second kappa shape index (κ2) is 3.93. The van der Waals surface area contributed by atoms with E-state index < -0.39 is 0 Å². The van der Waals surface area contributed by atoms with Gasteiger partial charge in [-0.15, -0.1) is 10.2 Å². The number of hydrogen-bond acceptors (Lipinski definition) is 3. The van der Waals surface area contributed by atoms with Crippen molar-refractivity contribution in [2.75, 3.05) is 0 Å². The fraction of sp³-hybridized carbons (Fsp3) is 0.182. The molecule has 0 fully saturated rings. The molecule has 1 aromatic heterocycles. The summed E-state index contributed by atoms with van der Waals surface area (Å²) in [5.74, 6) is 0.801. The highest BCUT2D eigenvalue weighted by atomic mass is 15.3. The van der Waals surface area contributed by atoms with E-state index >= 15 is 0 Å². The number of rotatable bonds is 2. The lowest BCUT2D eigenvalue weighted by Crippen LogP contribution is -1.95. The van der Waals surface area contributed by atoms with Crippen molar-refractivity contribution in [1.82, 2.24) is 14.8 Å². The maximum Gasteiger partial charge on any atom is 0.163 e. The molecule has 74 valence electrons. The standard InChI is InChI=1S/C11H10N4/c1-2-15-8-13-14-11(15)10-5-3-4-9(6-10)7-12/h3-6,8H,2H2,1H3. The molecule has 2 rings (SSSR count). The maximum atomic E-state index is 8.79. The summed E-state index contributed by atoms with van der Waals surface area (Å²) in [4.78, 5) is 0. The van der Waals surface area contributed by atoms with Crippen molar-refractivity contribution in [3.63, 3.8) is 0 Å². The van der Waals surface area contributed by atoms with Gasteiger partial charge in [-0.2, -0.15) is 5.26 Å². The molecular formula is C11H10N4. The van der Waals surface area contributed by atoms with Gasteiger partial charge in [0.1, 0.15) is 6.33 Å². The minimum absolute atomic E-state index is 0.637. The van der Waals surface area contributed by atoms with Crippen LogP contribution in [0.3, 0.4) is 0 Å². The minimum Gasteiger partial charge on any atom is -0.314 e. The van der Waals surface area contributed by atoms with E-state index in [0.29, 0.717) is 5.56 Å². The van der Waals surface area contributed by atoms with Gasteiger partial charge in [-0.25, -0.2) is 0 Å². The first-order chi connectivity index (χ1) is 7.35. The average molecular weight is 198 g/mol. The Morgan fingerprint density at radius 2 is 2.33 bits per heavy atom. The van der Waals surface area contributed by atoms with E-state index in [4.69, 9.17) is 5.26 Å². The van der Waals surface area contributed by atoms with Crippen molar-refractivity contribution in [1.29, 1.82) is 5.26 Å². The summed E-state index contributed by atoms with van der Waals surface area (Å²) in [6, 6.07) is 9.48. The molecule has 0 aliphatic heterocycles. The quantitative estimate of drug-likeness (QED) is 0.739. The third-order valence-electron chi connectivity index (χ3n) is 2.21. The molecule has 0 atom stereocenters. The Morgan fingerprint density at radius 3 is 3.07 bits per heavy atom. The van der Waals surface area contributed by atoms with E-state index in [1.165, 1.54) is 0 Å². The first-order valence-corrected chi connectivity index (χ1v) is 4.73. The van der Waals surface area contributed by atoms with Crippen molar-refractivity contribution in [3.05, 3.63) is 36.2 Å². The number of benzene rings is 1. The summed E-state index contributed by atoms with van der Waals surface area (Å²) < 4.78 is 1.94. The fourth-order valence-corrected chi connectivity index (χ4v) is 1.44. The minimum atomic E-state index is 0.637. The average Bonchev–Trinajstić information content (AvgIpc) is 2.77. The van der Waals surface area contributed by atoms with Crippen molar-refractivity contribution in [2.45, 2.75) is 13.5 Å². The van der Waals surface area contributed by atoms with Crippen LogP contribution in [-0.4, -0.2) is 14.8 Å². The van der Waals surface area contributed by atoms with Gasteiger partial charge in [-0.1, -0.05) is 12.1 Å². The molecule has 4 heteroatoms. The predicted molar refractivity (Wildman–Crippen MR) is 55.8 cm³/mol. The van der Waals surface area contributed by atoms with Gasteiger partial charge in [0.05, 0.1) is 11.6 Å². The van der Waals surface area contributed by atoms with Crippen molar-refractivity contribution in [3.8, 4) is 17.5 Å². The van der Waals surface area contributed by atoms with E-state index in [1.54, 1.807) is 12.4 Å². The van der Waals surface area contributed by atoms with Crippen LogP contribution in [0.1, 0.15) is 12.5 Å². The lowest BCUT2D eigenvalue weighted by atomic mass is 10.1. The summed E-state index contributed by atoms with van der Waals surface area (Å²) in [5.41, 5.74) is 1.56. The molecule has 0 saturated heterocycles. The molecule has 0 bridgehead atoms. The van der Waals surface area contributed by atoms with Crippen molar-refractivity contribution < 1.29 is 0 Å². The van der Waals surface area contributed by atoms with Crippen molar-refractivity contribution >= 4 is 0 Å². The van der Waals surface area contributed by atoms with E-state index in [0.717, 1.165) is 17.9 Å². The second-order valence-electron chi connectivity index (χ2n) is 3.13. The van der Waals surface area contributed by atoms with Gasteiger partial charge < -0.3 is 4.57 Å². The highest BCUT2D eigenvalue weighted by Gasteiger charge is 2.05. The largest absolute Gasteiger partial charge is 0.314 e. The van der Waals surface area contributed by atoms with Crippen LogP contribution in [0.2, 0.25) is 0 Å². The molecule has 0 saturated carbocycles. The van der Waals surface area contributed by atoms with Crippen LogP contribution in [0.25, 0.3) is 11.4 Å². The van der Waals surface area contributed by atoms with Crippen LogP contribution in [-0.2, 0) is 6.54 Å². The third-order valence-corrected chi connectivity index (χ3v) is 2.21. The zero-order valence-corrected chi connectivity index (χ0v) is 8.38. The molecule has 4 nitrogen and oxygen atoms in total. The van der Waals surface area contributed by atoms with Gasteiger partial charge in [-0.05, 0) is 19.1 Å². The molecule has 0 N–H and O–H groups in total. The van der Waals surface area contributed by atoms with Crippen LogP contribution in [0.5, 0.6) is 0 Å². The molecule has 0 spiro atoms. The van der Waals surface area contributed by atoms with Gasteiger partial charge in [0.15, 0.2) is 5.82 Å². The first-order valence-electron chi connectivity index (χ1n) is 4.73. The molecule has 0 radical (unpaired) electrons. The molecule has 1 aromatic carbocycles. The maximum absolute atomic E-state index is 8.79. The number of nitrogens with zero attached hydrogens (tertiary/aromatic N) is 4. The van der Waals surface area contributed by atoms with Crippen LogP contribution in [0, 0.1) is 11.3 Å². The first kappa shape index (κ1) is 9.41. The Bertz CT molecular complexity index is 507. The van der Waals surface area contributed by atoms with Gasteiger partial charge in [-0.3, -0.25) is 0 Å². The predicted octanol–water partition coefficient (Wildman–Crippen LogP) is 1.84. The summed E-state index contributed by atoms with van der Waals surface area (Å²) in [6.45, 7) is 2.85. The van der Waals surface area contributed by atoms with Crippen LogP contribution < -0.4 is 0 Å². The SMILES string of the molecule is CCn1cnnc1-c1cccc(C#N)c1. The van der Waals surface area contributed by atoms with Crippen LogP contribution >= 0.6 is 0 Å². The summed E-state index contributed by atoms with van der Waals surface area (Å²) >= 11 is 0. The van der Waals surface area contributed by atoms with E-state index in [9.17, 15) is 0 Å². The van der Waals surface area contributed by atoms with E-state index in [-0.39, 0.29) is 0 Å². The van der Waals surface area contributed by atoms with E-state index in [1.807, 2.05) is 29.7 Å². The Hall–Kier alpha value is -2.15. The lowest BCUT2D eigenvalue weighted by Gasteiger charge is -2.02. The smallest absolute Gasteiger partial charge is 0.163 e. The highest BCUT2D eigenvalue weighted by molar-refractivity contribution is 5.57. The zero-order valence-electron chi connectivity index (χ0n) is 8.38. The monoisotopic (exact) mass is 198 g/mol. The second-order valence-corrected chi connectivity index (χ2v) is 3.13. The van der Waals surface area contributed by atoms with E-state index in [2.05, 4.69) is 16.3 Å². The number of aryl methyl sites for hydroxylation is 1. The third kappa shape index (κ3) is 1.72. The molecule has 2 aromatic rings. The Kier molecular flexibility index (Phi) is 2.46. The molecular weight excluding hydrogens is 188 g/mol. The molecule has 0 amide bonds. The Balaban J connectivity index is 2.50. The topological polar surface area (TPSA) is 54.5 Å². The zero-order chi connectivity index (χ0) is 10.7. The Labute approximate surface area is 87.8 Å². The molecule has 1 heterocycles. The number of nitriles is 1.